The van der Waals surface area contributed by atoms with Gasteiger partial charge in [-0.15, -0.1) is 0 Å². The third kappa shape index (κ3) is 2.76. The van der Waals surface area contributed by atoms with Gasteiger partial charge in [0.05, 0.1) is 0 Å². The number of rotatable bonds is 5. The molecule has 98 valence electrons. The summed E-state index contributed by atoms with van der Waals surface area (Å²) in [5.74, 6) is 1.30. The average molecular weight is 245 g/mol. The molecule has 2 aliphatic carbocycles. The smallest absolute Gasteiger partial charge is 0.0474 e. The molecule has 0 saturated heterocycles. The molecule has 0 aliphatic heterocycles. The molecule has 2 saturated carbocycles. The third-order valence-electron chi connectivity index (χ3n) is 4.46. The lowest BCUT2D eigenvalue weighted by Gasteiger charge is -2.19. The van der Waals surface area contributed by atoms with Crippen molar-refractivity contribution in [3.63, 3.8) is 0 Å². The van der Waals surface area contributed by atoms with Crippen LogP contribution in [0.5, 0.6) is 0 Å². The van der Waals surface area contributed by atoms with Crippen LogP contribution in [0, 0.1) is 5.92 Å². The topological polar surface area (TPSA) is 32.3 Å². The van der Waals surface area contributed by atoms with E-state index in [-0.39, 0.29) is 0 Å². The molecule has 0 amide bonds. The predicted octanol–water partition coefficient (Wildman–Crippen LogP) is 2.81. The Morgan fingerprint density at radius 3 is 2.83 bits per heavy atom. The van der Waals surface area contributed by atoms with Crippen molar-refractivity contribution in [3.05, 3.63) is 35.4 Å². The maximum absolute atomic E-state index is 9.32. The maximum atomic E-state index is 9.32. The van der Waals surface area contributed by atoms with Crippen molar-refractivity contribution in [1.82, 2.24) is 5.32 Å². The van der Waals surface area contributed by atoms with E-state index in [0.29, 0.717) is 18.6 Å². The van der Waals surface area contributed by atoms with E-state index in [1.165, 1.54) is 43.2 Å². The van der Waals surface area contributed by atoms with Gasteiger partial charge in [0.1, 0.15) is 0 Å². The first-order valence-corrected chi connectivity index (χ1v) is 7.30. The van der Waals surface area contributed by atoms with Gasteiger partial charge in [0.15, 0.2) is 0 Å². The van der Waals surface area contributed by atoms with Gasteiger partial charge in [-0.3, -0.25) is 0 Å². The highest BCUT2D eigenvalue weighted by Crippen LogP contribution is 2.40. The summed E-state index contributed by atoms with van der Waals surface area (Å²) in [7, 11) is 0. The van der Waals surface area contributed by atoms with E-state index in [0.717, 1.165) is 12.5 Å². The van der Waals surface area contributed by atoms with E-state index in [2.05, 4.69) is 29.6 Å². The van der Waals surface area contributed by atoms with Crippen LogP contribution in [0.25, 0.3) is 0 Å². The van der Waals surface area contributed by atoms with Gasteiger partial charge in [0, 0.05) is 19.2 Å². The van der Waals surface area contributed by atoms with E-state index < -0.39 is 0 Å². The van der Waals surface area contributed by atoms with E-state index in [1.54, 1.807) is 0 Å². The Hall–Kier alpha value is -0.860. The lowest BCUT2D eigenvalue weighted by Crippen LogP contribution is -2.33. The van der Waals surface area contributed by atoms with Crippen LogP contribution in [0.2, 0.25) is 0 Å². The van der Waals surface area contributed by atoms with Crippen LogP contribution in [0.3, 0.4) is 0 Å². The number of hydrogen-bond donors (Lipinski definition) is 2. The zero-order chi connectivity index (χ0) is 12.4. The Morgan fingerprint density at radius 2 is 2.06 bits per heavy atom. The summed E-state index contributed by atoms with van der Waals surface area (Å²) in [5, 5.41) is 12.9. The SMILES string of the molecule is OCC1CCCC1NCc1cccc(C2CC2)c1. The van der Waals surface area contributed by atoms with Crippen molar-refractivity contribution >= 4 is 0 Å². The minimum absolute atomic E-state index is 0.333. The van der Waals surface area contributed by atoms with Crippen molar-refractivity contribution in [3.8, 4) is 0 Å². The molecule has 0 spiro atoms. The summed E-state index contributed by atoms with van der Waals surface area (Å²) in [6.07, 6.45) is 6.38. The van der Waals surface area contributed by atoms with Crippen LogP contribution < -0.4 is 5.32 Å². The number of aliphatic hydroxyl groups excluding tert-OH is 1. The van der Waals surface area contributed by atoms with Gasteiger partial charge in [-0.2, -0.15) is 0 Å². The van der Waals surface area contributed by atoms with Crippen molar-refractivity contribution in [1.29, 1.82) is 0 Å². The summed E-state index contributed by atoms with van der Waals surface area (Å²) in [6, 6.07) is 9.52. The predicted molar refractivity (Wildman–Crippen MR) is 73.5 cm³/mol. The third-order valence-corrected chi connectivity index (χ3v) is 4.46. The van der Waals surface area contributed by atoms with Crippen molar-refractivity contribution in [2.75, 3.05) is 6.61 Å². The molecule has 2 N–H and O–H groups in total. The van der Waals surface area contributed by atoms with E-state index in [1.807, 2.05) is 0 Å². The summed E-state index contributed by atoms with van der Waals surface area (Å²) in [4.78, 5) is 0. The quantitative estimate of drug-likeness (QED) is 0.836. The van der Waals surface area contributed by atoms with Crippen molar-refractivity contribution in [2.45, 2.75) is 50.6 Å². The van der Waals surface area contributed by atoms with Crippen LogP contribution in [-0.2, 0) is 6.54 Å². The van der Waals surface area contributed by atoms with Crippen LogP contribution in [-0.4, -0.2) is 17.8 Å². The van der Waals surface area contributed by atoms with Gasteiger partial charge in [-0.25, -0.2) is 0 Å². The van der Waals surface area contributed by atoms with Crippen LogP contribution in [0.15, 0.2) is 24.3 Å². The standard InChI is InChI=1S/C16H23NO/c18-11-15-5-2-6-16(15)17-10-12-3-1-4-14(9-12)13-7-8-13/h1,3-4,9,13,15-18H,2,5-8,10-11H2. The first kappa shape index (κ1) is 12.2. The first-order chi connectivity index (χ1) is 8.86. The highest BCUT2D eigenvalue weighted by Gasteiger charge is 2.26. The molecule has 1 aromatic carbocycles. The molecule has 2 nitrogen and oxygen atoms in total. The van der Waals surface area contributed by atoms with E-state index in [4.69, 9.17) is 0 Å². The molecular formula is C16H23NO. The number of hydrogen-bond acceptors (Lipinski definition) is 2. The second-order valence-electron chi connectivity index (χ2n) is 5.88. The summed E-state index contributed by atoms with van der Waals surface area (Å²) in [6.45, 7) is 1.28. The molecule has 3 rings (SSSR count). The fourth-order valence-electron chi connectivity index (χ4n) is 3.15. The second kappa shape index (κ2) is 5.41. The van der Waals surface area contributed by atoms with Crippen LogP contribution >= 0.6 is 0 Å². The second-order valence-corrected chi connectivity index (χ2v) is 5.88. The molecule has 0 bridgehead atoms. The minimum atomic E-state index is 0.333. The lowest BCUT2D eigenvalue weighted by atomic mass is 10.0. The zero-order valence-electron chi connectivity index (χ0n) is 10.9. The van der Waals surface area contributed by atoms with Crippen LogP contribution in [0.1, 0.15) is 49.1 Å². The molecule has 2 unspecified atom stereocenters. The van der Waals surface area contributed by atoms with Crippen molar-refractivity contribution < 1.29 is 5.11 Å². The molecule has 18 heavy (non-hydrogen) atoms. The number of nitrogens with one attached hydrogen (secondary N) is 1. The van der Waals surface area contributed by atoms with Gasteiger partial charge >= 0.3 is 0 Å². The number of aliphatic hydroxyl groups is 1. The monoisotopic (exact) mass is 245 g/mol. The maximum Gasteiger partial charge on any atom is 0.0474 e. The fourth-order valence-corrected chi connectivity index (χ4v) is 3.15. The van der Waals surface area contributed by atoms with Gasteiger partial charge in [-0.1, -0.05) is 30.7 Å². The van der Waals surface area contributed by atoms with Crippen molar-refractivity contribution in [2.24, 2.45) is 5.92 Å². The summed E-state index contributed by atoms with van der Waals surface area (Å²) in [5.41, 5.74) is 2.91. The molecule has 2 fully saturated rings. The molecule has 0 radical (unpaired) electrons. The van der Waals surface area contributed by atoms with Gasteiger partial charge < -0.3 is 10.4 Å². The molecule has 0 heterocycles. The normalized spacial score (nSPS) is 27.6. The summed E-state index contributed by atoms with van der Waals surface area (Å²) >= 11 is 0. The Morgan fingerprint density at radius 1 is 1.17 bits per heavy atom. The van der Waals surface area contributed by atoms with Crippen LogP contribution in [0.4, 0.5) is 0 Å². The Labute approximate surface area is 109 Å². The van der Waals surface area contributed by atoms with E-state index in [9.17, 15) is 5.11 Å². The minimum Gasteiger partial charge on any atom is -0.396 e. The highest BCUT2D eigenvalue weighted by atomic mass is 16.3. The lowest BCUT2D eigenvalue weighted by molar-refractivity contribution is 0.205. The average Bonchev–Trinajstić information content (AvgIpc) is 3.16. The van der Waals surface area contributed by atoms with E-state index >= 15 is 0 Å². The molecule has 2 atom stereocenters. The summed E-state index contributed by atoms with van der Waals surface area (Å²) < 4.78 is 0. The number of benzene rings is 1. The highest BCUT2D eigenvalue weighted by molar-refractivity contribution is 5.29. The largest absolute Gasteiger partial charge is 0.396 e. The molecule has 2 heteroatoms. The molecular weight excluding hydrogens is 222 g/mol. The van der Waals surface area contributed by atoms with Gasteiger partial charge in [0.2, 0.25) is 0 Å². The molecule has 0 aromatic heterocycles. The van der Waals surface area contributed by atoms with Gasteiger partial charge in [-0.05, 0) is 48.6 Å². The zero-order valence-corrected chi connectivity index (χ0v) is 10.9. The fraction of sp³-hybridized carbons (Fsp3) is 0.625. The molecule has 1 aromatic rings. The Bertz CT molecular complexity index is 400. The van der Waals surface area contributed by atoms with Gasteiger partial charge in [0.25, 0.3) is 0 Å². The molecule has 2 aliphatic rings. The Balaban J connectivity index is 1.57. The Kier molecular flexibility index (Phi) is 3.67. The first-order valence-electron chi connectivity index (χ1n) is 7.30.